The lowest BCUT2D eigenvalue weighted by molar-refractivity contribution is 0.0336. The molecule has 2 aromatic carbocycles. The number of Topliss-reactive ketones (excluding diaryl/α,β-unsaturated/α-hetero) is 1. The normalized spacial score (nSPS) is 17.4. The largest absolute Gasteiger partial charge is 0.507 e. The van der Waals surface area contributed by atoms with Gasteiger partial charge in [-0.15, -0.1) is 0 Å². The molecule has 4 rings (SSSR count). The van der Waals surface area contributed by atoms with Gasteiger partial charge in [-0.1, -0.05) is 0 Å². The molecule has 2 aliphatic rings. The van der Waals surface area contributed by atoms with E-state index in [9.17, 15) is 9.90 Å². The molecule has 1 fully saturated rings. The summed E-state index contributed by atoms with van der Waals surface area (Å²) in [4.78, 5) is 15.2. The topological polar surface area (TPSA) is 86.7 Å². The number of rotatable bonds is 6. The Kier molecular flexibility index (Phi) is 6.01. The van der Waals surface area contributed by atoms with E-state index in [0.29, 0.717) is 59.4 Å². The smallest absolute Gasteiger partial charge is 0.231 e. The quantitative estimate of drug-likeness (QED) is 0.705. The highest BCUT2D eigenvalue weighted by Gasteiger charge is 2.32. The van der Waals surface area contributed by atoms with Gasteiger partial charge in [0.15, 0.2) is 17.3 Å². The summed E-state index contributed by atoms with van der Waals surface area (Å²) in [5.74, 6) is 1.75. The van der Waals surface area contributed by atoms with Crippen molar-refractivity contribution in [3.8, 4) is 28.7 Å². The van der Waals surface area contributed by atoms with E-state index in [2.05, 4.69) is 4.90 Å². The minimum atomic E-state index is -0.255. The number of fused-ring (bicyclic) bond motifs is 1. The van der Waals surface area contributed by atoms with Crippen LogP contribution < -0.4 is 18.9 Å². The second-order valence-corrected chi connectivity index (χ2v) is 7.19. The van der Waals surface area contributed by atoms with Crippen molar-refractivity contribution in [2.24, 2.45) is 0 Å². The third-order valence-electron chi connectivity index (χ3n) is 5.42. The standard InChI is InChI=1S/C23H25NO7/c1-27-18-7-4-14(21(28-2)23(18)29-3)12-19-20(26)15-5-6-17(25)16(22(15)31-19)13-24-8-10-30-11-9-24/h4-7,12,25H,8-11,13H2,1-3H3. The van der Waals surface area contributed by atoms with Crippen LogP contribution >= 0.6 is 0 Å². The Hall–Kier alpha value is -3.23. The average Bonchev–Trinajstić information content (AvgIpc) is 3.11. The number of benzene rings is 2. The molecule has 1 saturated heterocycles. The van der Waals surface area contributed by atoms with Crippen molar-refractivity contribution in [3.05, 3.63) is 46.7 Å². The number of ketones is 1. The highest BCUT2D eigenvalue weighted by molar-refractivity contribution is 6.15. The summed E-state index contributed by atoms with van der Waals surface area (Å²) in [6.45, 7) is 3.25. The van der Waals surface area contributed by atoms with Crippen LogP contribution in [0, 0.1) is 0 Å². The Balaban J connectivity index is 1.70. The van der Waals surface area contributed by atoms with Gasteiger partial charge in [0, 0.05) is 25.2 Å². The zero-order valence-electron chi connectivity index (χ0n) is 17.8. The molecule has 0 amide bonds. The third kappa shape index (κ3) is 3.92. The molecule has 0 spiro atoms. The van der Waals surface area contributed by atoms with Gasteiger partial charge >= 0.3 is 0 Å². The molecule has 8 nitrogen and oxygen atoms in total. The fraction of sp³-hybridized carbons (Fsp3) is 0.348. The van der Waals surface area contributed by atoms with E-state index in [0.717, 1.165) is 13.1 Å². The molecule has 0 unspecified atom stereocenters. The van der Waals surface area contributed by atoms with E-state index < -0.39 is 0 Å². The number of phenols is 1. The summed E-state index contributed by atoms with van der Waals surface area (Å²) in [7, 11) is 4.58. The Morgan fingerprint density at radius 2 is 1.77 bits per heavy atom. The van der Waals surface area contributed by atoms with Crippen LogP contribution in [0.4, 0.5) is 0 Å². The van der Waals surface area contributed by atoms with Gasteiger partial charge in [0.1, 0.15) is 11.5 Å². The molecule has 0 bridgehead atoms. The number of carbonyl (C=O) groups is 1. The Bertz CT molecular complexity index is 1030. The fourth-order valence-electron chi connectivity index (χ4n) is 3.81. The first-order valence-corrected chi connectivity index (χ1v) is 9.95. The summed E-state index contributed by atoms with van der Waals surface area (Å²) in [6, 6.07) is 6.62. The molecule has 2 aromatic rings. The lowest BCUT2D eigenvalue weighted by Crippen LogP contribution is -2.35. The van der Waals surface area contributed by atoms with Gasteiger partial charge in [-0.2, -0.15) is 0 Å². The zero-order chi connectivity index (χ0) is 22.0. The molecule has 2 heterocycles. The second kappa shape index (κ2) is 8.87. The molecule has 0 radical (unpaired) electrons. The molecule has 1 N–H and O–H groups in total. The minimum Gasteiger partial charge on any atom is -0.507 e. The molecule has 8 heteroatoms. The van der Waals surface area contributed by atoms with Crippen LogP contribution in [0.15, 0.2) is 30.0 Å². The van der Waals surface area contributed by atoms with Crippen LogP contribution in [0.3, 0.4) is 0 Å². The summed E-state index contributed by atoms with van der Waals surface area (Å²) < 4.78 is 27.6. The van der Waals surface area contributed by atoms with E-state index in [1.54, 1.807) is 24.3 Å². The predicted octanol–water partition coefficient (Wildman–Crippen LogP) is 2.87. The van der Waals surface area contributed by atoms with Crippen molar-refractivity contribution < 1.29 is 33.6 Å². The molecule has 0 aromatic heterocycles. The zero-order valence-corrected chi connectivity index (χ0v) is 17.8. The average molecular weight is 427 g/mol. The van der Waals surface area contributed by atoms with Crippen LogP contribution in [0.5, 0.6) is 28.7 Å². The molecule has 0 saturated carbocycles. The van der Waals surface area contributed by atoms with E-state index in [1.165, 1.54) is 27.4 Å². The van der Waals surface area contributed by atoms with Crippen LogP contribution in [-0.2, 0) is 11.3 Å². The monoisotopic (exact) mass is 427 g/mol. The molecule has 0 atom stereocenters. The summed E-state index contributed by atoms with van der Waals surface area (Å²) >= 11 is 0. The van der Waals surface area contributed by atoms with Gasteiger partial charge < -0.3 is 28.8 Å². The van der Waals surface area contributed by atoms with Crippen molar-refractivity contribution in [2.45, 2.75) is 6.54 Å². The summed E-state index contributed by atoms with van der Waals surface area (Å²) in [5.41, 5.74) is 1.62. The number of carbonyl (C=O) groups excluding carboxylic acids is 1. The number of ether oxygens (including phenoxy) is 5. The molecule has 164 valence electrons. The number of hydrogen-bond donors (Lipinski definition) is 1. The van der Waals surface area contributed by atoms with E-state index in [4.69, 9.17) is 23.7 Å². The number of methoxy groups -OCH3 is 3. The third-order valence-corrected chi connectivity index (χ3v) is 5.42. The van der Waals surface area contributed by atoms with E-state index in [1.807, 2.05) is 0 Å². The van der Waals surface area contributed by atoms with Gasteiger partial charge in [-0.05, 0) is 30.3 Å². The molecule has 31 heavy (non-hydrogen) atoms. The van der Waals surface area contributed by atoms with E-state index in [-0.39, 0.29) is 17.3 Å². The molecule has 2 aliphatic heterocycles. The fourth-order valence-corrected chi connectivity index (χ4v) is 3.81. The van der Waals surface area contributed by atoms with Crippen molar-refractivity contribution in [1.82, 2.24) is 4.90 Å². The van der Waals surface area contributed by atoms with Gasteiger partial charge in [-0.25, -0.2) is 0 Å². The Morgan fingerprint density at radius 3 is 2.45 bits per heavy atom. The molecular formula is C23H25NO7. The highest BCUT2D eigenvalue weighted by Crippen LogP contribution is 2.43. The van der Waals surface area contributed by atoms with Crippen LogP contribution in [0.1, 0.15) is 21.5 Å². The lowest BCUT2D eigenvalue weighted by Gasteiger charge is -2.27. The van der Waals surface area contributed by atoms with Gasteiger partial charge in [0.2, 0.25) is 11.5 Å². The number of aromatic hydroxyl groups is 1. The first kappa shape index (κ1) is 21.0. The minimum absolute atomic E-state index is 0.1000. The SMILES string of the molecule is COc1ccc(C=C2Oc3c(ccc(O)c3CN3CCOCC3)C2=O)c(OC)c1OC. The van der Waals surface area contributed by atoms with Crippen molar-refractivity contribution in [2.75, 3.05) is 47.6 Å². The van der Waals surface area contributed by atoms with Crippen molar-refractivity contribution in [1.29, 1.82) is 0 Å². The molecular weight excluding hydrogens is 402 g/mol. The Morgan fingerprint density at radius 1 is 1.03 bits per heavy atom. The maximum absolute atomic E-state index is 13.0. The number of allylic oxidation sites excluding steroid dienone is 1. The maximum Gasteiger partial charge on any atom is 0.231 e. The van der Waals surface area contributed by atoms with Gasteiger partial charge in [0.05, 0.1) is 45.7 Å². The number of hydrogen-bond acceptors (Lipinski definition) is 8. The van der Waals surface area contributed by atoms with Crippen LogP contribution in [-0.4, -0.2) is 63.4 Å². The van der Waals surface area contributed by atoms with Crippen molar-refractivity contribution >= 4 is 11.9 Å². The number of phenolic OH excluding ortho intramolecular Hbond substituents is 1. The lowest BCUT2D eigenvalue weighted by atomic mass is 10.0. The number of nitrogens with zero attached hydrogens (tertiary/aromatic N) is 1. The van der Waals surface area contributed by atoms with Gasteiger partial charge in [0.25, 0.3) is 0 Å². The maximum atomic E-state index is 13.0. The van der Waals surface area contributed by atoms with Crippen LogP contribution in [0.2, 0.25) is 0 Å². The number of morpholine rings is 1. The summed E-state index contributed by atoms with van der Waals surface area (Å²) in [5, 5.41) is 10.5. The molecule has 0 aliphatic carbocycles. The predicted molar refractivity (Wildman–Crippen MR) is 113 cm³/mol. The van der Waals surface area contributed by atoms with Crippen molar-refractivity contribution in [3.63, 3.8) is 0 Å². The van der Waals surface area contributed by atoms with Crippen LogP contribution in [0.25, 0.3) is 6.08 Å². The first-order chi connectivity index (χ1) is 15.1. The Labute approximate surface area is 180 Å². The second-order valence-electron chi connectivity index (χ2n) is 7.19. The van der Waals surface area contributed by atoms with E-state index >= 15 is 0 Å². The highest BCUT2D eigenvalue weighted by atomic mass is 16.5. The van der Waals surface area contributed by atoms with Gasteiger partial charge in [-0.3, -0.25) is 9.69 Å². The first-order valence-electron chi connectivity index (χ1n) is 9.95. The summed E-state index contributed by atoms with van der Waals surface area (Å²) in [6.07, 6.45) is 1.61.